The largest absolute Gasteiger partial charge is 0.391 e. The summed E-state index contributed by atoms with van der Waals surface area (Å²) in [7, 11) is 0. The molecule has 1 saturated carbocycles. The Morgan fingerprint density at radius 2 is 2.00 bits per heavy atom. The van der Waals surface area contributed by atoms with Gasteiger partial charge in [0.15, 0.2) is 0 Å². The molecule has 17 heavy (non-hydrogen) atoms. The van der Waals surface area contributed by atoms with Crippen LogP contribution in [0.5, 0.6) is 0 Å². The van der Waals surface area contributed by atoms with Gasteiger partial charge >= 0.3 is 0 Å². The molecule has 0 radical (unpaired) electrons. The van der Waals surface area contributed by atoms with Gasteiger partial charge in [-0.25, -0.2) is 0 Å². The summed E-state index contributed by atoms with van der Waals surface area (Å²) in [6.07, 6.45) is 5.80. The number of nitrogens with two attached hydrogens (primary N) is 1. The van der Waals surface area contributed by atoms with Crippen LogP contribution in [0.1, 0.15) is 45.4 Å². The van der Waals surface area contributed by atoms with Crippen molar-refractivity contribution < 1.29 is 9.90 Å². The number of aliphatic hydroxyl groups excluding tert-OH is 1. The number of carbonyl (C=O) groups excluding carboxylic acids is 1. The van der Waals surface area contributed by atoms with Gasteiger partial charge in [-0.3, -0.25) is 4.79 Å². The first-order valence-corrected chi connectivity index (χ1v) is 6.30. The van der Waals surface area contributed by atoms with Crippen molar-refractivity contribution in [2.24, 2.45) is 11.7 Å². The second-order valence-corrected chi connectivity index (χ2v) is 4.95. The molecule has 0 spiro atoms. The summed E-state index contributed by atoms with van der Waals surface area (Å²) in [5, 5.41) is 12.7. The van der Waals surface area contributed by atoms with Crippen molar-refractivity contribution in [3.05, 3.63) is 0 Å². The van der Waals surface area contributed by atoms with Gasteiger partial charge in [0.05, 0.1) is 6.10 Å². The molecule has 1 aliphatic rings. The Balaban J connectivity index is 0.00000256. The number of rotatable bonds is 5. The molecule has 1 rings (SSSR count). The lowest BCUT2D eigenvalue weighted by Crippen LogP contribution is -2.38. The molecule has 5 heteroatoms. The van der Waals surface area contributed by atoms with Gasteiger partial charge in [0.25, 0.3) is 0 Å². The van der Waals surface area contributed by atoms with Crippen LogP contribution < -0.4 is 11.1 Å². The van der Waals surface area contributed by atoms with E-state index in [2.05, 4.69) is 5.32 Å². The van der Waals surface area contributed by atoms with E-state index in [-0.39, 0.29) is 24.4 Å². The molecule has 0 aliphatic heterocycles. The highest BCUT2D eigenvalue weighted by molar-refractivity contribution is 5.85. The number of halogens is 1. The van der Waals surface area contributed by atoms with Gasteiger partial charge in [-0.1, -0.05) is 19.3 Å². The van der Waals surface area contributed by atoms with Crippen molar-refractivity contribution in [3.8, 4) is 0 Å². The first-order valence-electron chi connectivity index (χ1n) is 6.30. The van der Waals surface area contributed by atoms with Gasteiger partial charge in [-0.05, 0) is 25.7 Å². The van der Waals surface area contributed by atoms with Crippen LogP contribution in [0.15, 0.2) is 0 Å². The van der Waals surface area contributed by atoms with Crippen molar-refractivity contribution in [2.75, 3.05) is 6.54 Å². The Morgan fingerprint density at radius 1 is 1.41 bits per heavy atom. The Bertz CT molecular complexity index is 219. The third kappa shape index (κ3) is 6.86. The Kier molecular flexibility index (Phi) is 8.56. The Morgan fingerprint density at radius 3 is 2.53 bits per heavy atom. The quantitative estimate of drug-likeness (QED) is 0.699. The average molecular weight is 265 g/mol. The first-order chi connectivity index (χ1) is 7.59. The predicted molar refractivity (Wildman–Crippen MR) is 71.1 cm³/mol. The maximum absolute atomic E-state index is 11.3. The van der Waals surface area contributed by atoms with E-state index in [1.165, 1.54) is 19.3 Å². The van der Waals surface area contributed by atoms with Crippen LogP contribution in [0.4, 0.5) is 0 Å². The summed E-state index contributed by atoms with van der Waals surface area (Å²) in [6.45, 7) is 2.17. The standard InChI is InChI=1S/C12H24N2O2.ClH/c1-9(13)7-12(16)14-8-11(15)10-5-3-2-4-6-10;/h9-11,15H,2-8,13H2,1H3,(H,14,16);1H. The summed E-state index contributed by atoms with van der Waals surface area (Å²) >= 11 is 0. The number of aliphatic hydroxyl groups is 1. The van der Waals surface area contributed by atoms with E-state index in [1.807, 2.05) is 0 Å². The maximum atomic E-state index is 11.3. The van der Waals surface area contributed by atoms with Gasteiger partial charge in [-0.15, -0.1) is 12.4 Å². The third-order valence-corrected chi connectivity index (χ3v) is 3.21. The Labute approximate surface area is 110 Å². The van der Waals surface area contributed by atoms with E-state index < -0.39 is 6.10 Å². The number of hydrogen-bond acceptors (Lipinski definition) is 3. The normalized spacial score (nSPS) is 20.2. The van der Waals surface area contributed by atoms with E-state index in [0.29, 0.717) is 18.9 Å². The molecule has 0 aromatic rings. The Hall–Kier alpha value is -0.320. The fourth-order valence-electron chi connectivity index (χ4n) is 2.27. The summed E-state index contributed by atoms with van der Waals surface area (Å²) in [5.41, 5.74) is 5.52. The van der Waals surface area contributed by atoms with E-state index in [1.54, 1.807) is 6.92 Å². The van der Waals surface area contributed by atoms with Crippen LogP contribution in [-0.2, 0) is 4.79 Å². The van der Waals surface area contributed by atoms with E-state index in [0.717, 1.165) is 12.8 Å². The molecule has 0 saturated heterocycles. The van der Waals surface area contributed by atoms with Gasteiger partial charge in [0.1, 0.15) is 0 Å². The van der Waals surface area contributed by atoms with Crippen molar-refractivity contribution >= 4 is 18.3 Å². The predicted octanol–water partition coefficient (Wildman–Crippen LogP) is 1.20. The van der Waals surface area contributed by atoms with Crippen molar-refractivity contribution in [3.63, 3.8) is 0 Å². The second-order valence-electron chi connectivity index (χ2n) is 4.95. The number of carbonyl (C=O) groups is 1. The summed E-state index contributed by atoms with van der Waals surface area (Å²) < 4.78 is 0. The highest BCUT2D eigenvalue weighted by Gasteiger charge is 2.21. The van der Waals surface area contributed by atoms with Crippen LogP contribution in [0.25, 0.3) is 0 Å². The monoisotopic (exact) mass is 264 g/mol. The second kappa shape index (κ2) is 8.72. The minimum absolute atomic E-state index is 0. The number of nitrogens with one attached hydrogen (secondary N) is 1. The summed E-state index contributed by atoms with van der Waals surface area (Å²) in [4.78, 5) is 11.3. The molecule has 1 aliphatic carbocycles. The molecule has 0 aromatic heterocycles. The van der Waals surface area contributed by atoms with Gasteiger partial charge in [-0.2, -0.15) is 0 Å². The summed E-state index contributed by atoms with van der Waals surface area (Å²) in [5.74, 6) is 0.300. The molecule has 0 heterocycles. The highest BCUT2D eigenvalue weighted by Crippen LogP contribution is 2.26. The van der Waals surface area contributed by atoms with Crippen LogP contribution >= 0.6 is 12.4 Å². The first kappa shape index (κ1) is 16.7. The highest BCUT2D eigenvalue weighted by atomic mass is 35.5. The molecule has 102 valence electrons. The molecule has 2 unspecified atom stereocenters. The summed E-state index contributed by atoms with van der Waals surface area (Å²) in [6, 6.07) is -0.119. The molecule has 2 atom stereocenters. The van der Waals surface area contributed by atoms with Crippen LogP contribution in [0, 0.1) is 5.92 Å². The smallest absolute Gasteiger partial charge is 0.221 e. The fourth-order valence-corrected chi connectivity index (χ4v) is 2.27. The van der Waals surface area contributed by atoms with Gasteiger partial charge < -0.3 is 16.2 Å². The molecule has 4 N–H and O–H groups in total. The zero-order valence-electron chi connectivity index (χ0n) is 10.5. The van der Waals surface area contributed by atoms with Crippen LogP contribution in [0.2, 0.25) is 0 Å². The molecule has 1 fully saturated rings. The zero-order valence-corrected chi connectivity index (χ0v) is 11.3. The maximum Gasteiger partial charge on any atom is 0.221 e. The van der Waals surface area contributed by atoms with Crippen LogP contribution in [0.3, 0.4) is 0 Å². The van der Waals surface area contributed by atoms with Gasteiger partial charge in [0, 0.05) is 19.0 Å². The van der Waals surface area contributed by atoms with Crippen LogP contribution in [-0.4, -0.2) is 29.7 Å². The van der Waals surface area contributed by atoms with Crippen molar-refractivity contribution in [1.82, 2.24) is 5.32 Å². The third-order valence-electron chi connectivity index (χ3n) is 3.21. The minimum atomic E-state index is -0.391. The van der Waals surface area contributed by atoms with E-state index in [9.17, 15) is 9.90 Å². The van der Waals surface area contributed by atoms with E-state index >= 15 is 0 Å². The minimum Gasteiger partial charge on any atom is -0.391 e. The number of amides is 1. The lowest BCUT2D eigenvalue weighted by molar-refractivity contribution is -0.122. The molecule has 0 bridgehead atoms. The SMILES string of the molecule is CC(N)CC(=O)NCC(O)C1CCCCC1.Cl. The lowest BCUT2D eigenvalue weighted by Gasteiger charge is -2.26. The average Bonchev–Trinajstić information content (AvgIpc) is 2.26. The molecular weight excluding hydrogens is 240 g/mol. The lowest BCUT2D eigenvalue weighted by atomic mass is 9.85. The molecule has 1 amide bonds. The number of hydrogen-bond donors (Lipinski definition) is 3. The topological polar surface area (TPSA) is 75.4 Å². The molecule has 0 aromatic carbocycles. The zero-order chi connectivity index (χ0) is 12.0. The molecular formula is C12H25ClN2O2. The van der Waals surface area contributed by atoms with E-state index in [4.69, 9.17) is 5.73 Å². The van der Waals surface area contributed by atoms with Crippen molar-refractivity contribution in [2.45, 2.75) is 57.6 Å². The van der Waals surface area contributed by atoms with Gasteiger partial charge in [0.2, 0.25) is 5.91 Å². The molecule has 4 nitrogen and oxygen atoms in total. The fraction of sp³-hybridized carbons (Fsp3) is 0.917. The van der Waals surface area contributed by atoms with Crippen molar-refractivity contribution in [1.29, 1.82) is 0 Å².